The molecule has 1 rings (SSSR count). The van der Waals surface area contributed by atoms with Crippen molar-refractivity contribution < 1.29 is 14.3 Å². The van der Waals surface area contributed by atoms with Crippen molar-refractivity contribution in [2.45, 2.75) is 33.0 Å². The van der Waals surface area contributed by atoms with Gasteiger partial charge in [-0.25, -0.2) is 0 Å². The molecule has 1 atom stereocenters. The molecule has 112 valence electrons. The van der Waals surface area contributed by atoms with Gasteiger partial charge in [0.1, 0.15) is 6.10 Å². The lowest BCUT2D eigenvalue weighted by molar-refractivity contribution is -0.127. The molecule has 1 aromatic carbocycles. The summed E-state index contributed by atoms with van der Waals surface area (Å²) in [6.45, 7) is 6.38. The van der Waals surface area contributed by atoms with E-state index >= 15 is 0 Å². The summed E-state index contributed by atoms with van der Waals surface area (Å²) in [5.41, 5.74) is 6.65. The van der Waals surface area contributed by atoms with E-state index in [2.05, 4.69) is 5.32 Å². The van der Waals surface area contributed by atoms with Crippen LogP contribution < -0.4 is 11.1 Å². The van der Waals surface area contributed by atoms with Crippen LogP contribution in [0.5, 0.6) is 0 Å². The number of nitrogens with one attached hydrogen (secondary N) is 1. The van der Waals surface area contributed by atoms with Gasteiger partial charge in [0.25, 0.3) is 5.91 Å². The van der Waals surface area contributed by atoms with Gasteiger partial charge in [0, 0.05) is 5.69 Å². The van der Waals surface area contributed by atoms with Gasteiger partial charge in [0.15, 0.2) is 0 Å². The topological polar surface area (TPSA) is 73.6 Å². The zero-order valence-electron chi connectivity index (χ0n) is 12.0. The molecule has 0 radical (unpaired) electrons. The molecule has 0 bridgehead atoms. The second kappa shape index (κ2) is 8.09. The van der Waals surface area contributed by atoms with Crippen molar-refractivity contribution in [3.8, 4) is 0 Å². The van der Waals surface area contributed by atoms with Gasteiger partial charge < -0.3 is 20.5 Å². The van der Waals surface area contributed by atoms with Crippen molar-refractivity contribution in [2.75, 3.05) is 24.3 Å². The highest BCUT2D eigenvalue weighted by Crippen LogP contribution is 2.24. The normalized spacial score (nSPS) is 12.4. The number of halogens is 1. The Bertz CT molecular complexity index is 452. The van der Waals surface area contributed by atoms with E-state index in [9.17, 15) is 4.79 Å². The fourth-order valence-electron chi connectivity index (χ4n) is 1.45. The summed E-state index contributed by atoms with van der Waals surface area (Å²) < 4.78 is 10.7. The summed E-state index contributed by atoms with van der Waals surface area (Å²) in [6, 6.07) is 4.91. The van der Waals surface area contributed by atoms with Crippen LogP contribution in [0.1, 0.15) is 20.8 Å². The van der Waals surface area contributed by atoms with Crippen molar-refractivity contribution in [3.05, 3.63) is 23.2 Å². The molecule has 0 fully saturated rings. The molecule has 0 aliphatic heterocycles. The van der Waals surface area contributed by atoms with Gasteiger partial charge in [-0.15, -0.1) is 0 Å². The minimum atomic E-state index is -0.584. The van der Waals surface area contributed by atoms with Crippen LogP contribution in [-0.4, -0.2) is 31.3 Å². The number of hydrogen-bond acceptors (Lipinski definition) is 4. The number of hydrogen-bond donors (Lipinski definition) is 2. The molecule has 1 unspecified atom stereocenters. The van der Waals surface area contributed by atoms with E-state index in [-0.39, 0.29) is 12.0 Å². The van der Waals surface area contributed by atoms with E-state index in [1.165, 1.54) is 0 Å². The number of nitrogen functional groups attached to an aromatic ring is 1. The van der Waals surface area contributed by atoms with Crippen LogP contribution in [0, 0.1) is 0 Å². The van der Waals surface area contributed by atoms with Crippen LogP contribution in [0.4, 0.5) is 11.4 Å². The Labute approximate surface area is 124 Å². The van der Waals surface area contributed by atoms with Crippen LogP contribution >= 0.6 is 11.6 Å². The third kappa shape index (κ3) is 5.77. The number of carbonyl (C=O) groups is 1. The molecule has 20 heavy (non-hydrogen) atoms. The van der Waals surface area contributed by atoms with Gasteiger partial charge >= 0.3 is 0 Å². The van der Waals surface area contributed by atoms with Crippen molar-refractivity contribution in [2.24, 2.45) is 0 Å². The van der Waals surface area contributed by atoms with Crippen molar-refractivity contribution in [1.82, 2.24) is 0 Å². The lowest BCUT2D eigenvalue weighted by Crippen LogP contribution is -2.29. The van der Waals surface area contributed by atoms with Crippen molar-refractivity contribution >= 4 is 28.9 Å². The lowest BCUT2D eigenvalue weighted by Gasteiger charge is -2.15. The maximum atomic E-state index is 11.9. The maximum Gasteiger partial charge on any atom is 0.253 e. The third-order valence-corrected chi connectivity index (χ3v) is 2.84. The Kier molecular flexibility index (Phi) is 6.78. The maximum absolute atomic E-state index is 11.9. The molecule has 0 spiro atoms. The highest BCUT2D eigenvalue weighted by atomic mass is 35.5. The molecule has 3 N–H and O–H groups in total. The van der Waals surface area contributed by atoms with Gasteiger partial charge in [-0.3, -0.25) is 4.79 Å². The smallest absolute Gasteiger partial charge is 0.253 e. The Hall–Kier alpha value is -1.30. The number of benzene rings is 1. The molecule has 5 nitrogen and oxygen atoms in total. The van der Waals surface area contributed by atoms with Gasteiger partial charge in [0.05, 0.1) is 30.0 Å². The van der Waals surface area contributed by atoms with E-state index in [0.717, 1.165) is 0 Å². The lowest BCUT2D eigenvalue weighted by atomic mass is 10.2. The highest BCUT2D eigenvalue weighted by molar-refractivity contribution is 6.34. The van der Waals surface area contributed by atoms with Crippen LogP contribution in [0.3, 0.4) is 0 Å². The summed E-state index contributed by atoms with van der Waals surface area (Å²) in [4.78, 5) is 11.9. The largest absolute Gasteiger partial charge is 0.399 e. The molecule has 0 saturated heterocycles. The van der Waals surface area contributed by atoms with Crippen LogP contribution in [0.15, 0.2) is 18.2 Å². The fraction of sp³-hybridized carbons (Fsp3) is 0.500. The zero-order chi connectivity index (χ0) is 15.1. The average Bonchev–Trinajstić information content (AvgIpc) is 2.37. The summed E-state index contributed by atoms with van der Waals surface area (Å²) in [5, 5.41) is 3.09. The van der Waals surface area contributed by atoms with Crippen molar-refractivity contribution in [3.63, 3.8) is 0 Å². The zero-order valence-corrected chi connectivity index (χ0v) is 12.7. The number of rotatable bonds is 7. The predicted molar refractivity (Wildman–Crippen MR) is 81.0 cm³/mol. The SMILES string of the molecule is CC(C)OCCOC(C)C(=O)Nc1ccc(N)cc1Cl. The number of ether oxygens (including phenoxy) is 2. The van der Waals surface area contributed by atoms with Crippen LogP contribution in [0.25, 0.3) is 0 Å². The summed E-state index contributed by atoms with van der Waals surface area (Å²) in [5.74, 6) is -0.263. The quantitative estimate of drug-likeness (QED) is 0.600. The molecule has 0 heterocycles. The van der Waals surface area contributed by atoms with Crippen LogP contribution in [0.2, 0.25) is 5.02 Å². The van der Waals surface area contributed by atoms with E-state index in [1.54, 1.807) is 25.1 Å². The standard InChI is InChI=1S/C14H21ClN2O3/c1-9(2)19-6-7-20-10(3)14(18)17-13-5-4-11(16)8-12(13)15/h4-5,8-10H,6-7,16H2,1-3H3,(H,17,18). The first-order chi connectivity index (χ1) is 9.40. The Morgan fingerprint density at radius 2 is 1.95 bits per heavy atom. The van der Waals surface area contributed by atoms with Crippen LogP contribution in [-0.2, 0) is 14.3 Å². The summed E-state index contributed by atoms with van der Waals surface area (Å²) in [6.07, 6.45) is -0.435. The molecule has 1 amide bonds. The Morgan fingerprint density at radius 3 is 2.55 bits per heavy atom. The Balaban J connectivity index is 2.41. The monoisotopic (exact) mass is 300 g/mol. The molecule has 0 aliphatic carbocycles. The van der Waals surface area contributed by atoms with E-state index in [1.807, 2.05) is 13.8 Å². The molecule has 0 aromatic heterocycles. The molecule has 0 aliphatic rings. The average molecular weight is 301 g/mol. The number of amides is 1. The van der Waals surface area contributed by atoms with Crippen molar-refractivity contribution in [1.29, 1.82) is 0 Å². The van der Waals surface area contributed by atoms with Gasteiger partial charge in [-0.2, -0.15) is 0 Å². The molecular weight excluding hydrogens is 280 g/mol. The third-order valence-electron chi connectivity index (χ3n) is 2.52. The fourth-order valence-corrected chi connectivity index (χ4v) is 1.69. The van der Waals surface area contributed by atoms with Gasteiger partial charge in [0.2, 0.25) is 0 Å². The summed E-state index contributed by atoms with van der Waals surface area (Å²) >= 11 is 5.98. The molecule has 0 saturated carbocycles. The first kappa shape index (κ1) is 16.8. The minimum Gasteiger partial charge on any atom is -0.399 e. The number of anilines is 2. The minimum absolute atomic E-state index is 0.149. The summed E-state index contributed by atoms with van der Waals surface area (Å²) in [7, 11) is 0. The number of nitrogens with two attached hydrogens (primary N) is 1. The predicted octanol–water partition coefficient (Wildman–Crippen LogP) is 2.69. The first-order valence-corrected chi connectivity index (χ1v) is 6.87. The second-order valence-corrected chi connectivity index (χ2v) is 5.07. The molecule has 6 heteroatoms. The number of carbonyl (C=O) groups excluding carboxylic acids is 1. The Morgan fingerprint density at radius 1 is 1.30 bits per heavy atom. The highest BCUT2D eigenvalue weighted by Gasteiger charge is 2.14. The second-order valence-electron chi connectivity index (χ2n) is 4.66. The molecule has 1 aromatic rings. The van der Waals surface area contributed by atoms with E-state index in [4.69, 9.17) is 26.8 Å². The van der Waals surface area contributed by atoms with Gasteiger partial charge in [-0.05, 0) is 39.0 Å². The van der Waals surface area contributed by atoms with E-state index in [0.29, 0.717) is 29.6 Å². The van der Waals surface area contributed by atoms with E-state index < -0.39 is 6.10 Å². The molecular formula is C14H21ClN2O3. The first-order valence-electron chi connectivity index (χ1n) is 6.49. The van der Waals surface area contributed by atoms with Gasteiger partial charge in [-0.1, -0.05) is 11.6 Å².